The van der Waals surface area contributed by atoms with E-state index in [1.807, 2.05) is 52.0 Å². The normalized spacial score (nSPS) is 11.3. The second kappa shape index (κ2) is 6.31. The molecule has 4 nitrogen and oxygen atoms in total. The van der Waals surface area contributed by atoms with Crippen LogP contribution in [0.25, 0.3) is 0 Å². The molecule has 112 valence electrons. The van der Waals surface area contributed by atoms with E-state index in [9.17, 15) is 0 Å². The maximum atomic E-state index is 6.06. The van der Waals surface area contributed by atoms with Crippen LogP contribution in [-0.4, -0.2) is 16.6 Å². The monoisotopic (exact) mass is 306 g/mol. The Morgan fingerprint density at radius 2 is 1.76 bits per heavy atom. The van der Waals surface area contributed by atoms with Crippen molar-refractivity contribution in [3.63, 3.8) is 0 Å². The average Bonchev–Trinajstić information content (AvgIpc) is 2.40. The summed E-state index contributed by atoms with van der Waals surface area (Å²) in [4.78, 5) is 8.68. The van der Waals surface area contributed by atoms with Crippen LogP contribution >= 0.6 is 11.6 Å². The summed E-state index contributed by atoms with van der Waals surface area (Å²) in [6, 6.07) is 9.06. The molecule has 0 bridgehead atoms. The van der Waals surface area contributed by atoms with Gasteiger partial charge in [0.15, 0.2) is 11.5 Å². The Balaban J connectivity index is 2.34. The smallest absolute Gasteiger partial charge is 0.224 e. The lowest BCUT2D eigenvalue weighted by Gasteiger charge is -2.18. The van der Waals surface area contributed by atoms with E-state index in [2.05, 4.69) is 9.97 Å². The van der Waals surface area contributed by atoms with Crippen LogP contribution in [0.5, 0.6) is 17.4 Å². The van der Waals surface area contributed by atoms with Crippen LogP contribution in [0, 0.1) is 0 Å². The molecule has 2 aromatic rings. The Bertz CT molecular complexity index is 624. The molecule has 0 saturated carbocycles. The van der Waals surface area contributed by atoms with Gasteiger partial charge in [-0.05, 0) is 19.1 Å². The van der Waals surface area contributed by atoms with E-state index in [0.717, 1.165) is 0 Å². The van der Waals surface area contributed by atoms with Crippen LogP contribution in [-0.2, 0) is 5.41 Å². The first-order chi connectivity index (χ1) is 9.90. The summed E-state index contributed by atoms with van der Waals surface area (Å²) in [5.41, 5.74) is -0.206. The van der Waals surface area contributed by atoms with Crippen LogP contribution in [0.1, 0.15) is 33.5 Å². The number of para-hydroxylation sites is 2. The van der Waals surface area contributed by atoms with Crippen molar-refractivity contribution in [1.29, 1.82) is 0 Å². The summed E-state index contributed by atoms with van der Waals surface area (Å²) in [6.07, 6.45) is 0. The van der Waals surface area contributed by atoms with Gasteiger partial charge >= 0.3 is 0 Å². The quantitative estimate of drug-likeness (QED) is 0.773. The van der Waals surface area contributed by atoms with Crippen molar-refractivity contribution in [2.24, 2.45) is 0 Å². The Morgan fingerprint density at radius 3 is 2.38 bits per heavy atom. The van der Waals surface area contributed by atoms with E-state index in [4.69, 9.17) is 21.1 Å². The Labute approximate surface area is 130 Å². The number of nitrogens with zero attached hydrogens (tertiary/aromatic N) is 2. The first-order valence-corrected chi connectivity index (χ1v) is 7.22. The van der Waals surface area contributed by atoms with Crippen molar-refractivity contribution in [1.82, 2.24) is 9.97 Å². The molecule has 1 aromatic heterocycles. The van der Waals surface area contributed by atoms with Crippen LogP contribution < -0.4 is 9.47 Å². The number of ether oxygens (including phenoxy) is 2. The minimum atomic E-state index is -0.206. The number of aromatic nitrogens is 2. The molecule has 0 aliphatic carbocycles. The molecule has 1 heterocycles. The van der Waals surface area contributed by atoms with Gasteiger partial charge in [0.1, 0.15) is 11.0 Å². The third-order valence-corrected chi connectivity index (χ3v) is 2.90. The lowest BCUT2D eigenvalue weighted by molar-refractivity contribution is 0.319. The summed E-state index contributed by atoms with van der Waals surface area (Å²) < 4.78 is 11.4. The van der Waals surface area contributed by atoms with Crippen molar-refractivity contribution >= 4 is 11.6 Å². The predicted octanol–water partition coefficient (Wildman–Crippen LogP) is 4.62. The van der Waals surface area contributed by atoms with Crippen LogP contribution in [0.15, 0.2) is 30.3 Å². The van der Waals surface area contributed by atoms with E-state index in [1.54, 1.807) is 6.07 Å². The maximum Gasteiger partial charge on any atom is 0.224 e. The molecule has 5 heteroatoms. The summed E-state index contributed by atoms with van der Waals surface area (Å²) in [6.45, 7) is 8.57. The van der Waals surface area contributed by atoms with Crippen LogP contribution in [0.2, 0.25) is 5.15 Å². The van der Waals surface area contributed by atoms with Crippen LogP contribution in [0.4, 0.5) is 0 Å². The van der Waals surface area contributed by atoms with Crippen molar-refractivity contribution in [3.05, 3.63) is 41.3 Å². The second-order valence-corrected chi connectivity index (χ2v) is 5.97. The molecular formula is C16H19ClN2O2. The van der Waals surface area contributed by atoms with E-state index in [1.165, 1.54) is 0 Å². The highest BCUT2D eigenvalue weighted by Gasteiger charge is 2.19. The summed E-state index contributed by atoms with van der Waals surface area (Å²) in [7, 11) is 0. The minimum absolute atomic E-state index is 0.206. The van der Waals surface area contributed by atoms with Gasteiger partial charge in [-0.25, -0.2) is 4.98 Å². The van der Waals surface area contributed by atoms with Crippen molar-refractivity contribution in [2.75, 3.05) is 6.61 Å². The van der Waals surface area contributed by atoms with Gasteiger partial charge in [-0.15, -0.1) is 0 Å². The second-order valence-electron chi connectivity index (χ2n) is 5.58. The molecule has 0 unspecified atom stereocenters. The van der Waals surface area contributed by atoms with Gasteiger partial charge in [-0.3, -0.25) is 0 Å². The highest BCUT2D eigenvalue weighted by molar-refractivity contribution is 6.29. The van der Waals surface area contributed by atoms with Crippen molar-refractivity contribution in [2.45, 2.75) is 33.1 Å². The third kappa shape index (κ3) is 4.08. The lowest BCUT2D eigenvalue weighted by Crippen LogP contribution is -2.16. The molecule has 0 aliphatic rings. The fourth-order valence-electron chi connectivity index (χ4n) is 1.71. The molecule has 0 spiro atoms. The first-order valence-electron chi connectivity index (χ1n) is 6.85. The van der Waals surface area contributed by atoms with E-state index >= 15 is 0 Å². The topological polar surface area (TPSA) is 44.2 Å². The summed E-state index contributed by atoms with van der Waals surface area (Å²) >= 11 is 6.06. The van der Waals surface area contributed by atoms with E-state index in [0.29, 0.717) is 35.0 Å². The Hall–Kier alpha value is -1.81. The van der Waals surface area contributed by atoms with Gasteiger partial charge in [0.2, 0.25) is 5.88 Å². The van der Waals surface area contributed by atoms with Crippen molar-refractivity contribution < 1.29 is 9.47 Å². The molecule has 0 N–H and O–H groups in total. The number of benzene rings is 1. The Kier molecular flexibility index (Phi) is 4.68. The van der Waals surface area contributed by atoms with Crippen LogP contribution in [0.3, 0.4) is 0 Å². The number of halogens is 1. The zero-order valence-electron chi connectivity index (χ0n) is 12.7. The van der Waals surface area contributed by atoms with Gasteiger partial charge in [-0.2, -0.15) is 4.98 Å². The zero-order chi connectivity index (χ0) is 15.5. The molecule has 0 amide bonds. The minimum Gasteiger partial charge on any atom is -0.490 e. The zero-order valence-corrected chi connectivity index (χ0v) is 13.4. The SMILES string of the molecule is CCOc1ccccc1Oc1cc(Cl)nc(C(C)(C)C)n1. The molecule has 21 heavy (non-hydrogen) atoms. The molecule has 0 radical (unpaired) electrons. The maximum absolute atomic E-state index is 6.06. The molecule has 0 aliphatic heterocycles. The number of hydrogen-bond donors (Lipinski definition) is 0. The highest BCUT2D eigenvalue weighted by Crippen LogP contribution is 2.32. The first kappa shape index (κ1) is 15.6. The standard InChI is InChI=1S/C16H19ClN2O2/c1-5-20-11-8-6-7-9-12(11)21-14-10-13(17)18-15(19-14)16(2,3)4/h6-10H,5H2,1-4H3. The van der Waals surface area contributed by atoms with Gasteiger partial charge in [0, 0.05) is 11.5 Å². The van der Waals surface area contributed by atoms with Gasteiger partial charge in [0.25, 0.3) is 0 Å². The lowest BCUT2D eigenvalue weighted by atomic mass is 9.96. The summed E-state index contributed by atoms with van der Waals surface area (Å²) in [5.74, 6) is 2.33. The predicted molar refractivity (Wildman–Crippen MR) is 83.4 cm³/mol. The number of hydrogen-bond acceptors (Lipinski definition) is 4. The van der Waals surface area contributed by atoms with Gasteiger partial charge in [-0.1, -0.05) is 44.5 Å². The average molecular weight is 307 g/mol. The molecule has 0 saturated heterocycles. The number of rotatable bonds is 4. The Morgan fingerprint density at radius 1 is 1.10 bits per heavy atom. The third-order valence-electron chi connectivity index (χ3n) is 2.71. The summed E-state index contributed by atoms with van der Waals surface area (Å²) in [5, 5.41) is 0.360. The van der Waals surface area contributed by atoms with E-state index in [-0.39, 0.29) is 5.41 Å². The van der Waals surface area contributed by atoms with Gasteiger partial charge < -0.3 is 9.47 Å². The van der Waals surface area contributed by atoms with Gasteiger partial charge in [0.05, 0.1) is 6.61 Å². The highest BCUT2D eigenvalue weighted by atomic mass is 35.5. The fourth-order valence-corrected chi connectivity index (χ4v) is 1.88. The van der Waals surface area contributed by atoms with E-state index < -0.39 is 0 Å². The van der Waals surface area contributed by atoms with Crippen molar-refractivity contribution in [3.8, 4) is 17.4 Å². The molecule has 1 aromatic carbocycles. The molecule has 2 rings (SSSR count). The largest absolute Gasteiger partial charge is 0.490 e. The molecule has 0 atom stereocenters. The fraction of sp³-hybridized carbons (Fsp3) is 0.375. The molecule has 0 fully saturated rings. The molecular weight excluding hydrogens is 288 g/mol.